The fraction of sp³-hybridized carbons (Fsp3) is 0.240. The fourth-order valence-corrected chi connectivity index (χ4v) is 3.67. The van der Waals surface area contributed by atoms with E-state index in [1.807, 2.05) is 30.3 Å². The van der Waals surface area contributed by atoms with Crippen LogP contribution in [0.1, 0.15) is 16.7 Å². The minimum Gasteiger partial charge on any atom is -0.489 e. The average Bonchev–Trinajstić information content (AvgIpc) is 2.74. The largest absolute Gasteiger partial charge is 0.489 e. The zero-order chi connectivity index (χ0) is 22.7. The van der Waals surface area contributed by atoms with Crippen LogP contribution in [0.2, 0.25) is 0 Å². The number of halogens is 2. The maximum Gasteiger partial charge on any atom is 0.329 e. The molecule has 1 aliphatic heterocycles. The van der Waals surface area contributed by atoms with Crippen molar-refractivity contribution in [1.29, 1.82) is 0 Å². The first-order chi connectivity index (χ1) is 15.4. The normalized spacial score (nSPS) is 14.6. The molecule has 3 aromatic rings. The molecule has 0 spiro atoms. The third-order valence-corrected chi connectivity index (χ3v) is 5.48. The van der Waals surface area contributed by atoms with Gasteiger partial charge < -0.3 is 19.3 Å². The number of aliphatic carboxylic acids is 1. The van der Waals surface area contributed by atoms with Gasteiger partial charge in [0.15, 0.2) is 0 Å². The summed E-state index contributed by atoms with van der Waals surface area (Å²) in [5, 5.41) is 8.86. The summed E-state index contributed by atoms with van der Waals surface area (Å²) in [4.78, 5) is 10.8. The van der Waals surface area contributed by atoms with Crippen molar-refractivity contribution >= 4 is 5.97 Å². The van der Waals surface area contributed by atoms with Crippen molar-refractivity contribution in [2.45, 2.75) is 19.1 Å². The summed E-state index contributed by atoms with van der Waals surface area (Å²) in [6, 6.07) is 16.9. The molecule has 0 amide bonds. The number of hydrogen-bond acceptors (Lipinski definition) is 4. The molecule has 1 saturated heterocycles. The van der Waals surface area contributed by atoms with Gasteiger partial charge in [-0.05, 0) is 53.4 Å². The van der Waals surface area contributed by atoms with E-state index in [2.05, 4.69) is 0 Å². The molecule has 0 atom stereocenters. The van der Waals surface area contributed by atoms with Crippen molar-refractivity contribution in [3.05, 3.63) is 89.0 Å². The number of rotatable bonds is 8. The highest BCUT2D eigenvalue weighted by molar-refractivity contribution is 5.68. The van der Waals surface area contributed by atoms with Gasteiger partial charge in [0, 0.05) is 11.6 Å². The van der Waals surface area contributed by atoms with Gasteiger partial charge in [-0.2, -0.15) is 0 Å². The third-order valence-electron chi connectivity index (χ3n) is 5.48. The summed E-state index contributed by atoms with van der Waals surface area (Å²) in [7, 11) is 0. The van der Waals surface area contributed by atoms with Gasteiger partial charge >= 0.3 is 5.97 Å². The highest BCUT2D eigenvalue weighted by Crippen LogP contribution is 2.36. The fourth-order valence-electron chi connectivity index (χ4n) is 3.67. The molecule has 0 bridgehead atoms. The summed E-state index contributed by atoms with van der Waals surface area (Å²) < 4.78 is 45.0. The van der Waals surface area contributed by atoms with Crippen LogP contribution in [-0.2, 0) is 26.5 Å². The number of carbonyl (C=O) groups is 1. The van der Waals surface area contributed by atoms with Crippen molar-refractivity contribution in [2.75, 3.05) is 19.8 Å². The Labute approximate surface area is 184 Å². The predicted molar refractivity (Wildman–Crippen MR) is 113 cm³/mol. The minimum atomic E-state index is -1.13. The van der Waals surface area contributed by atoms with Gasteiger partial charge in [-0.1, -0.05) is 30.3 Å². The zero-order valence-corrected chi connectivity index (χ0v) is 17.4. The van der Waals surface area contributed by atoms with Crippen LogP contribution in [0.5, 0.6) is 5.75 Å². The lowest BCUT2D eigenvalue weighted by molar-refractivity contribution is -0.221. The van der Waals surface area contributed by atoms with Crippen molar-refractivity contribution in [1.82, 2.24) is 0 Å². The van der Waals surface area contributed by atoms with Crippen LogP contribution < -0.4 is 4.74 Å². The molecule has 1 aliphatic rings. The summed E-state index contributed by atoms with van der Waals surface area (Å²) >= 11 is 0. The van der Waals surface area contributed by atoms with Crippen LogP contribution in [-0.4, -0.2) is 30.9 Å². The first-order valence-electron chi connectivity index (χ1n) is 10.1. The molecule has 0 unspecified atom stereocenters. The van der Waals surface area contributed by atoms with Crippen molar-refractivity contribution < 1.29 is 32.9 Å². The number of hydrogen-bond donors (Lipinski definition) is 1. The topological polar surface area (TPSA) is 65.0 Å². The van der Waals surface area contributed by atoms with Gasteiger partial charge in [0.25, 0.3) is 0 Å². The van der Waals surface area contributed by atoms with E-state index in [9.17, 15) is 13.6 Å². The van der Waals surface area contributed by atoms with Gasteiger partial charge in [-0.3, -0.25) is 0 Å². The SMILES string of the molecule is Cc1c(F)cccc1-c1cccc(COc2ccc(C3(OCC(=O)O)COC3)c(F)c2)c1. The Morgan fingerprint density at radius 3 is 2.53 bits per heavy atom. The standard InChI is InChI=1S/C25H22F2O5/c1-16-20(6-3-7-22(16)26)18-5-2-4-17(10-18)12-31-19-8-9-21(23(27)11-19)25(14-30-15-25)32-13-24(28)29/h2-11H,12-15H2,1H3,(H,28,29). The molecule has 0 saturated carbocycles. The van der Waals surface area contributed by atoms with E-state index in [4.69, 9.17) is 19.3 Å². The highest BCUT2D eigenvalue weighted by atomic mass is 19.1. The molecular formula is C25H22F2O5. The monoisotopic (exact) mass is 440 g/mol. The van der Waals surface area contributed by atoms with Crippen LogP contribution in [0, 0.1) is 18.6 Å². The molecule has 4 rings (SSSR count). The van der Waals surface area contributed by atoms with Crippen molar-refractivity contribution in [3.8, 4) is 16.9 Å². The molecule has 166 valence electrons. The van der Waals surface area contributed by atoms with Crippen LogP contribution in [0.25, 0.3) is 11.1 Å². The Morgan fingerprint density at radius 1 is 1.06 bits per heavy atom. The molecule has 32 heavy (non-hydrogen) atoms. The van der Waals surface area contributed by atoms with E-state index in [-0.39, 0.29) is 31.2 Å². The molecule has 0 aromatic heterocycles. The second kappa shape index (κ2) is 9.06. The Balaban J connectivity index is 1.47. The number of ether oxygens (including phenoxy) is 3. The molecule has 7 heteroatoms. The predicted octanol–water partition coefficient (Wildman–Crippen LogP) is 4.85. The summed E-state index contributed by atoms with van der Waals surface area (Å²) in [5.41, 5.74) is 2.23. The average molecular weight is 440 g/mol. The van der Waals surface area contributed by atoms with Gasteiger partial charge in [-0.15, -0.1) is 0 Å². The zero-order valence-electron chi connectivity index (χ0n) is 17.4. The molecule has 0 radical (unpaired) electrons. The Morgan fingerprint density at radius 2 is 1.84 bits per heavy atom. The van der Waals surface area contributed by atoms with E-state index >= 15 is 0 Å². The Kier molecular flexibility index (Phi) is 6.21. The second-order valence-corrected chi connectivity index (χ2v) is 7.71. The molecule has 5 nitrogen and oxygen atoms in total. The number of carboxylic acids is 1. The molecule has 1 fully saturated rings. The minimum absolute atomic E-state index is 0.0870. The van der Waals surface area contributed by atoms with Crippen LogP contribution >= 0.6 is 0 Å². The Hall–Kier alpha value is -3.29. The maximum absolute atomic E-state index is 14.8. The second-order valence-electron chi connectivity index (χ2n) is 7.71. The summed E-state index contributed by atoms with van der Waals surface area (Å²) in [6.45, 7) is 1.57. The van der Waals surface area contributed by atoms with Gasteiger partial charge in [0.05, 0.1) is 13.2 Å². The van der Waals surface area contributed by atoms with Crippen molar-refractivity contribution in [3.63, 3.8) is 0 Å². The number of benzene rings is 3. The lowest BCUT2D eigenvalue weighted by Gasteiger charge is -2.41. The lowest BCUT2D eigenvalue weighted by Crippen LogP contribution is -2.50. The van der Waals surface area contributed by atoms with E-state index < -0.39 is 24.0 Å². The first-order valence-corrected chi connectivity index (χ1v) is 10.1. The van der Waals surface area contributed by atoms with E-state index in [1.165, 1.54) is 18.2 Å². The molecule has 0 aliphatic carbocycles. The number of carboxylic acid groups (broad SMARTS) is 1. The third kappa shape index (κ3) is 4.49. The summed E-state index contributed by atoms with van der Waals surface area (Å²) in [5.74, 6) is -1.62. The molecule has 1 N–H and O–H groups in total. The van der Waals surface area contributed by atoms with E-state index in [1.54, 1.807) is 19.1 Å². The van der Waals surface area contributed by atoms with Crippen LogP contribution in [0.4, 0.5) is 8.78 Å². The van der Waals surface area contributed by atoms with Gasteiger partial charge in [-0.25, -0.2) is 13.6 Å². The smallest absolute Gasteiger partial charge is 0.329 e. The van der Waals surface area contributed by atoms with Crippen molar-refractivity contribution in [2.24, 2.45) is 0 Å². The molecular weight excluding hydrogens is 418 g/mol. The van der Waals surface area contributed by atoms with Gasteiger partial charge in [0.2, 0.25) is 0 Å². The van der Waals surface area contributed by atoms with E-state index in [0.717, 1.165) is 16.7 Å². The van der Waals surface area contributed by atoms with E-state index in [0.29, 0.717) is 11.3 Å². The van der Waals surface area contributed by atoms with Crippen LogP contribution in [0.15, 0.2) is 60.7 Å². The lowest BCUT2D eigenvalue weighted by atomic mass is 9.91. The van der Waals surface area contributed by atoms with Gasteiger partial charge in [0.1, 0.15) is 36.2 Å². The quantitative estimate of drug-likeness (QED) is 0.543. The molecule has 3 aromatic carbocycles. The van der Waals surface area contributed by atoms with Crippen LogP contribution in [0.3, 0.4) is 0 Å². The first kappa shape index (κ1) is 21.9. The molecule has 1 heterocycles. The highest BCUT2D eigenvalue weighted by Gasteiger charge is 2.44. The Bertz CT molecular complexity index is 1140. The maximum atomic E-state index is 14.8. The summed E-state index contributed by atoms with van der Waals surface area (Å²) in [6.07, 6.45) is 0.